The van der Waals surface area contributed by atoms with Crippen LogP contribution >= 0.6 is 0 Å². The molecule has 2 aromatic rings. The van der Waals surface area contributed by atoms with Gasteiger partial charge in [0, 0.05) is 11.1 Å². The Labute approximate surface area is 91.1 Å². The second-order valence-electron chi connectivity index (χ2n) is 4.10. The van der Waals surface area contributed by atoms with Gasteiger partial charge >= 0.3 is 5.97 Å². The molecule has 3 rings (SSSR count). The monoisotopic (exact) mass is 219 g/mol. The maximum Gasteiger partial charge on any atom is 0.326 e. The molecule has 16 heavy (non-hydrogen) atoms. The predicted octanol–water partition coefficient (Wildman–Crippen LogP) is 2.35. The molecule has 0 aliphatic carbocycles. The number of hydrogen-bond donors (Lipinski definition) is 1. The molecular weight excluding hydrogens is 209 g/mol. The van der Waals surface area contributed by atoms with Crippen LogP contribution in [0.5, 0.6) is 0 Å². The Morgan fingerprint density at radius 1 is 1.44 bits per heavy atom. The van der Waals surface area contributed by atoms with Crippen LogP contribution in [0.3, 0.4) is 0 Å². The van der Waals surface area contributed by atoms with Gasteiger partial charge in [0.15, 0.2) is 0 Å². The molecule has 1 aromatic carbocycles. The Hall–Kier alpha value is -1.84. The number of aromatic nitrogens is 1. The highest BCUT2D eigenvalue weighted by Crippen LogP contribution is 2.33. The second kappa shape index (κ2) is 3.07. The zero-order valence-corrected chi connectivity index (χ0v) is 8.48. The number of nitrogens with zero attached hydrogens (tertiary/aromatic N) is 1. The van der Waals surface area contributed by atoms with Crippen LogP contribution < -0.4 is 0 Å². The van der Waals surface area contributed by atoms with E-state index in [4.69, 9.17) is 5.11 Å². The van der Waals surface area contributed by atoms with E-state index in [1.54, 1.807) is 10.6 Å². The number of aryl methyl sites for hydroxylation is 1. The molecule has 4 heteroatoms. The molecule has 0 bridgehead atoms. The van der Waals surface area contributed by atoms with Crippen molar-refractivity contribution in [1.29, 1.82) is 0 Å². The van der Waals surface area contributed by atoms with Gasteiger partial charge in [0.25, 0.3) is 0 Å². The molecule has 0 amide bonds. The lowest BCUT2D eigenvalue weighted by molar-refractivity contribution is -0.140. The highest BCUT2D eigenvalue weighted by atomic mass is 19.1. The molecular formula is C12H10FNO2. The molecule has 0 fully saturated rings. The number of aliphatic carboxylic acids is 1. The SMILES string of the molecule is O=C(O)C1CCc2cc3ccc(F)cc3n21. The fourth-order valence-electron chi connectivity index (χ4n) is 2.46. The third kappa shape index (κ3) is 1.16. The predicted molar refractivity (Wildman–Crippen MR) is 56.9 cm³/mol. The minimum absolute atomic E-state index is 0.329. The Morgan fingerprint density at radius 3 is 3.00 bits per heavy atom. The molecule has 0 saturated heterocycles. The van der Waals surface area contributed by atoms with Gasteiger partial charge in [-0.05, 0) is 37.1 Å². The van der Waals surface area contributed by atoms with Crippen molar-refractivity contribution in [2.45, 2.75) is 18.9 Å². The number of halogens is 1. The Balaban J connectivity index is 2.29. The fraction of sp³-hybridized carbons (Fsp3) is 0.250. The normalized spacial score (nSPS) is 18.9. The summed E-state index contributed by atoms with van der Waals surface area (Å²) in [6, 6.07) is 5.88. The number of carboxylic acids is 1. The summed E-state index contributed by atoms with van der Waals surface area (Å²) in [5, 5.41) is 10.00. The van der Waals surface area contributed by atoms with Crippen LogP contribution in [0, 0.1) is 5.82 Å². The average Bonchev–Trinajstić information content (AvgIpc) is 2.76. The molecule has 1 aromatic heterocycles. The van der Waals surface area contributed by atoms with Gasteiger partial charge in [0.1, 0.15) is 11.9 Å². The standard InChI is InChI=1S/C12H10FNO2/c13-8-2-1-7-5-9-3-4-10(12(15)16)14(9)11(7)6-8/h1-2,5-6,10H,3-4H2,(H,15,16). The molecule has 0 saturated carbocycles. The number of benzene rings is 1. The van der Waals surface area contributed by atoms with Crippen LogP contribution in [0.15, 0.2) is 24.3 Å². The smallest absolute Gasteiger partial charge is 0.326 e. The maximum atomic E-state index is 13.2. The zero-order valence-electron chi connectivity index (χ0n) is 8.48. The average molecular weight is 219 g/mol. The number of hydrogen-bond acceptors (Lipinski definition) is 1. The van der Waals surface area contributed by atoms with E-state index in [-0.39, 0.29) is 5.82 Å². The summed E-state index contributed by atoms with van der Waals surface area (Å²) in [6.07, 6.45) is 1.34. The van der Waals surface area contributed by atoms with E-state index in [1.165, 1.54) is 12.1 Å². The zero-order chi connectivity index (χ0) is 11.3. The van der Waals surface area contributed by atoms with E-state index in [0.717, 1.165) is 17.5 Å². The number of rotatable bonds is 1. The van der Waals surface area contributed by atoms with Gasteiger partial charge in [0.05, 0.1) is 5.52 Å². The molecule has 1 unspecified atom stereocenters. The maximum absolute atomic E-state index is 13.2. The number of carboxylic acid groups (broad SMARTS) is 1. The van der Waals surface area contributed by atoms with E-state index in [9.17, 15) is 9.18 Å². The summed E-state index contributed by atoms with van der Waals surface area (Å²) in [4.78, 5) is 11.1. The van der Waals surface area contributed by atoms with Crippen molar-refractivity contribution in [3.8, 4) is 0 Å². The highest BCUT2D eigenvalue weighted by Gasteiger charge is 2.29. The van der Waals surface area contributed by atoms with Crippen molar-refractivity contribution in [1.82, 2.24) is 4.57 Å². The van der Waals surface area contributed by atoms with Crippen LogP contribution in [0.25, 0.3) is 10.9 Å². The van der Waals surface area contributed by atoms with Crippen molar-refractivity contribution < 1.29 is 14.3 Å². The molecule has 82 valence electrons. The van der Waals surface area contributed by atoms with Gasteiger partial charge < -0.3 is 9.67 Å². The van der Waals surface area contributed by atoms with Crippen molar-refractivity contribution in [2.75, 3.05) is 0 Å². The van der Waals surface area contributed by atoms with Crippen LogP contribution in [0.4, 0.5) is 4.39 Å². The van der Waals surface area contributed by atoms with Crippen LogP contribution in [-0.4, -0.2) is 15.6 Å². The number of carbonyl (C=O) groups is 1. The molecule has 1 aliphatic rings. The quantitative estimate of drug-likeness (QED) is 0.799. The third-order valence-electron chi connectivity index (χ3n) is 3.15. The minimum Gasteiger partial charge on any atom is -0.480 e. The minimum atomic E-state index is -0.847. The van der Waals surface area contributed by atoms with Crippen molar-refractivity contribution in [3.05, 3.63) is 35.8 Å². The summed E-state index contributed by atoms with van der Waals surface area (Å²) in [6.45, 7) is 0. The van der Waals surface area contributed by atoms with Gasteiger partial charge in [-0.1, -0.05) is 0 Å². The van der Waals surface area contributed by atoms with Crippen molar-refractivity contribution in [2.24, 2.45) is 0 Å². The van der Waals surface area contributed by atoms with Gasteiger partial charge in [-0.25, -0.2) is 9.18 Å². The first-order valence-corrected chi connectivity index (χ1v) is 5.19. The van der Waals surface area contributed by atoms with E-state index in [1.807, 2.05) is 6.07 Å². The summed E-state index contributed by atoms with van der Waals surface area (Å²) >= 11 is 0. The molecule has 1 atom stereocenters. The summed E-state index contributed by atoms with van der Waals surface area (Å²) in [5.41, 5.74) is 1.66. The Bertz CT molecular complexity index is 588. The third-order valence-corrected chi connectivity index (χ3v) is 3.15. The van der Waals surface area contributed by atoms with Crippen molar-refractivity contribution in [3.63, 3.8) is 0 Å². The first kappa shape index (κ1) is 9.39. The topological polar surface area (TPSA) is 42.2 Å². The first-order chi connectivity index (χ1) is 7.66. The van der Waals surface area contributed by atoms with E-state index in [2.05, 4.69) is 0 Å². The van der Waals surface area contributed by atoms with Crippen LogP contribution in [-0.2, 0) is 11.2 Å². The molecule has 2 heterocycles. The summed E-state index contributed by atoms with van der Waals surface area (Å²) < 4.78 is 14.9. The highest BCUT2D eigenvalue weighted by molar-refractivity contribution is 5.85. The van der Waals surface area contributed by atoms with E-state index >= 15 is 0 Å². The van der Waals surface area contributed by atoms with Crippen molar-refractivity contribution >= 4 is 16.9 Å². The lowest BCUT2D eigenvalue weighted by atomic mass is 10.1. The van der Waals surface area contributed by atoms with Crippen LogP contribution in [0.1, 0.15) is 18.2 Å². The van der Waals surface area contributed by atoms with Crippen LogP contribution in [0.2, 0.25) is 0 Å². The molecule has 0 radical (unpaired) electrons. The fourth-order valence-corrected chi connectivity index (χ4v) is 2.46. The number of fused-ring (bicyclic) bond motifs is 3. The molecule has 3 nitrogen and oxygen atoms in total. The second-order valence-corrected chi connectivity index (χ2v) is 4.10. The molecule has 1 aliphatic heterocycles. The molecule has 1 N–H and O–H groups in total. The van der Waals surface area contributed by atoms with Gasteiger partial charge in [-0.2, -0.15) is 0 Å². The first-order valence-electron chi connectivity index (χ1n) is 5.19. The summed E-state index contributed by atoms with van der Waals surface area (Å²) in [5.74, 6) is -1.18. The lowest BCUT2D eigenvalue weighted by Gasteiger charge is -2.09. The Morgan fingerprint density at radius 2 is 2.25 bits per heavy atom. The van der Waals surface area contributed by atoms with Gasteiger partial charge in [-0.15, -0.1) is 0 Å². The lowest BCUT2D eigenvalue weighted by Crippen LogP contribution is -2.14. The molecule has 0 spiro atoms. The largest absolute Gasteiger partial charge is 0.480 e. The van der Waals surface area contributed by atoms with E-state index < -0.39 is 12.0 Å². The summed E-state index contributed by atoms with van der Waals surface area (Å²) in [7, 11) is 0. The van der Waals surface area contributed by atoms with Gasteiger partial charge in [-0.3, -0.25) is 0 Å². The van der Waals surface area contributed by atoms with Gasteiger partial charge in [0.2, 0.25) is 0 Å². The van der Waals surface area contributed by atoms with E-state index in [0.29, 0.717) is 11.9 Å². The Kier molecular flexibility index (Phi) is 1.80.